The highest BCUT2D eigenvalue weighted by Gasteiger charge is 2.31. The Kier molecular flexibility index (Phi) is 5.06. The minimum atomic E-state index is -4.45. The van der Waals surface area contributed by atoms with Crippen LogP contribution in [-0.4, -0.2) is 12.1 Å². The van der Waals surface area contributed by atoms with Gasteiger partial charge in [-0.2, -0.15) is 26.3 Å². The second-order valence-electron chi connectivity index (χ2n) is 5.93. The zero-order valence-corrected chi connectivity index (χ0v) is 14.4. The van der Waals surface area contributed by atoms with Crippen molar-refractivity contribution in [1.29, 1.82) is 0 Å². The van der Waals surface area contributed by atoms with Gasteiger partial charge in [0.05, 0.1) is 29.6 Å². The number of nitrogens with zero attached hydrogens (tertiary/aromatic N) is 1. The van der Waals surface area contributed by atoms with E-state index in [-0.39, 0.29) is 0 Å². The number of hydrogen-bond acceptors (Lipinski definition) is 2. The molecule has 0 unspecified atom stereocenters. The largest absolute Gasteiger partial charge is 0.497 e. The zero-order valence-electron chi connectivity index (χ0n) is 14.4. The quantitative estimate of drug-likeness (QED) is 0.473. The Morgan fingerprint density at radius 3 is 1.29 bits per heavy atom. The fourth-order valence-corrected chi connectivity index (χ4v) is 2.58. The van der Waals surface area contributed by atoms with Crippen LogP contribution in [0, 0.1) is 0 Å². The van der Waals surface area contributed by atoms with E-state index in [0.717, 1.165) is 24.3 Å². The molecular formula is C20H13F6NO. The molecule has 0 spiro atoms. The van der Waals surface area contributed by atoms with E-state index < -0.39 is 23.5 Å². The Morgan fingerprint density at radius 1 is 0.643 bits per heavy atom. The summed E-state index contributed by atoms with van der Waals surface area (Å²) in [5, 5.41) is 0. The third-order valence-electron chi connectivity index (χ3n) is 4.05. The van der Waals surface area contributed by atoms with Gasteiger partial charge in [0, 0.05) is 23.3 Å². The highest BCUT2D eigenvalue weighted by atomic mass is 19.4. The third kappa shape index (κ3) is 4.27. The van der Waals surface area contributed by atoms with Gasteiger partial charge >= 0.3 is 12.4 Å². The molecule has 8 heteroatoms. The monoisotopic (exact) mass is 397 g/mol. The first kappa shape index (κ1) is 19.7. The second kappa shape index (κ2) is 7.18. The van der Waals surface area contributed by atoms with Gasteiger partial charge < -0.3 is 4.74 Å². The van der Waals surface area contributed by atoms with E-state index in [1.54, 1.807) is 0 Å². The molecule has 2 nitrogen and oxygen atoms in total. The van der Waals surface area contributed by atoms with Gasteiger partial charge in [-0.15, -0.1) is 0 Å². The SMILES string of the molecule is COc1cc(-c2ccc(C(F)(F)F)cc2)nc(-c2ccc(C(F)(F)F)cc2)c1. The maximum atomic E-state index is 12.7. The summed E-state index contributed by atoms with van der Waals surface area (Å²) in [6, 6.07) is 11.9. The molecule has 1 aromatic heterocycles. The topological polar surface area (TPSA) is 22.1 Å². The normalized spacial score (nSPS) is 12.1. The Morgan fingerprint density at radius 2 is 1.00 bits per heavy atom. The lowest BCUT2D eigenvalue weighted by molar-refractivity contribution is -0.138. The number of pyridine rings is 1. The van der Waals surface area contributed by atoms with Crippen LogP contribution in [0.1, 0.15) is 11.1 Å². The molecule has 0 atom stereocenters. The first-order valence-corrected chi connectivity index (χ1v) is 7.99. The smallest absolute Gasteiger partial charge is 0.416 e. The van der Waals surface area contributed by atoms with Crippen molar-refractivity contribution in [2.45, 2.75) is 12.4 Å². The van der Waals surface area contributed by atoms with E-state index in [1.807, 2.05) is 0 Å². The number of hydrogen-bond donors (Lipinski definition) is 0. The summed E-state index contributed by atoms with van der Waals surface area (Å²) >= 11 is 0. The van der Waals surface area contributed by atoms with E-state index in [0.29, 0.717) is 28.3 Å². The first-order valence-electron chi connectivity index (χ1n) is 7.99. The van der Waals surface area contributed by atoms with E-state index >= 15 is 0 Å². The van der Waals surface area contributed by atoms with Crippen molar-refractivity contribution in [2.75, 3.05) is 7.11 Å². The number of alkyl halides is 6. The second-order valence-corrected chi connectivity index (χ2v) is 5.93. The van der Waals surface area contributed by atoms with Gasteiger partial charge in [-0.25, -0.2) is 4.98 Å². The molecule has 0 bridgehead atoms. The maximum Gasteiger partial charge on any atom is 0.416 e. The van der Waals surface area contributed by atoms with Gasteiger partial charge in [-0.05, 0) is 24.3 Å². The summed E-state index contributed by atoms with van der Waals surface area (Å²) in [4.78, 5) is 4.36. The average molecular weight is 397 g/mol. The highest BCUT2D eigenvalue weighted by molar-refractivity contribution is 5.69. The summed E-state index contributed by atoms with van der Waals surface area (Å²) in [5.74, 6) is 0.375. The molecule has 0 radical (unpaired) electrons. The number of aromatic nitrogens is 1. The zero-order chi connectivity index (χ0) is 20.5. The fourth-order valence-electron chi connectivity index (χ4n) is 2.58. The van der Waals surface area contributed by atoms with Gasteiger partial charge in [0.25, 0.3) is 0 Å². The van der Waals surface area contributed by atoms with Crippen LogP contribution < -0.4 is 4.74 Å². The van der Waals surface area contributed by atoms with Crippen molar-refractivity contribution in [3.63, 3.8) is 0 Å². The number of halogens is 6. The Labute approximate surface area is 156 Å². The predicted octanol–water partition coefficient (Wildman–Crippen LogP) is 6.46. The summed E-state index contributed by atoms with van der Waals surface area (Å²) in [6.45, 7) is 0. The van der Waals surface area contributed by atoms with Crippen LogP contribution in [0.25, 0.3) is 22.5 Å². The number of ether oxygens (including phenoxy) is 1. The molecule has 3 rings (SSSR count). The molecule has 0 aliphatic rings. The van der Waals surface area contributed by atoms with Crippen LogP contribution in [0.5, 0.6) is 5.75 Å². The van der Waals surface area contributed by atoms with Crippen molar-refractivity contribution in [1.82, 2.24) is 4.98 Å². The lowest BCUT2D eigenvalue weighted by Crippen LogP contribution is -2.04. The molecular weight excluding hydrogens is 384 g/mol. The number of methoxy groups -OCH3 is 1. The van der Waals surface area contributed by atoms with Crippen LogP contribution in [0.4, 0.5) is 26.3 Å². The molecule has 3 aromatic rings. The average Bonchev–Trinajstić information content (AvgIpc) is 2.66. The summed E-state index contributed by atoms with van der Waals surface area (Å²) < 4.78 is 81.6. The summed E-state index contributed by atoms with van der Waals surface area (Å²) in [7, 11) is 1.41. The van der Waals surface area contributed by atoms with Gasteiger partial charge in [-0.1, -0.05) is 24.3 Å². The van der Waals surface area contributed by atoms with Gasteiger partial charge in [0.1, 0.15) is 5.75 Å². The standard InChI is InChI=1S/C20H13F6NO/c1-28-16-10-17(12-2-6-14(7-3-12)19(21,22)23)27-18(11-16)13-4-8-15(9-5-13)20(24,25)26/h2-11H,1H3. The third-order valence-corrected chi connectivity index (χ3v) is 4.05. The van der Waals surface area contributed by atoms with Crippen LogP contribution in [-0.2, 0) is 12.4 Å². The van der Waals surface area contributed by atoms with E-state index in [1.165, 1.54) is 43.5 Å². The molecule has 146 valence electrons. The van der Waals surface area contributed by atoms with E-state index in [2.05, 4.69) is 4.98 Å². The molecule has 0 amide bonds. The van der Waals surface area contributed by atoms with Gasteiger partial charge in [0.15, 0.2) is 0 Å². The van der Waals surface area contributed by atoms with E-state index in [4.69, 9.17) is 4.74 Å². The first-order chi connectivity index (χ1) is 13.1. The molecule has 0 saturated carbocycles. The number of benzene rings is 2. The summed E-state index contributed by atoms with van der Waals surface area (Å²) in [6.07, 6.45) is -8.91. The van der Waals surface area contributed by atoms with Crippen LogP contribution in [0.15, 0.2) is 60.7 Å². The summed E-state index contributed by atoms with van der Waals surface area (Å²) in [5.41, 5.74) is -0.0738. The Bertz CT molecular complexity index is 884. The predicted molar refractivity (Wildman–Crippen MR) is 91.7 cm³/mol. The maximum absolute atomic E-state index is 12.7. The molecule has 0 saturated heterocycles. The van der Waals surface area contributed by atoms with Crippen molar-refractivity contribution >= 4 is 0 Å². The Hall–Kier alpha value is -3.03. The van der Waals surface area contributed by atoms with Crippen molar-refractivity contribution < 1.29 is 31.1 Å². The Balaban J connectivity index is 2.01. The van der Waals surface area contributed by atoms with Gasteiger partial charge in [0.2, 0.25) is 0 Å². The van der Waals surface area contributed by atoms with Crippen molar-refractivity contribution in [2.24, 2.45) is 0 Å². The molecule has 0 fully saturated rings. The highest BCUT2D eigenvalue weighted by Crippen LogP contribution is 2.34. The molecule has 0 N–H and O–H groups in total. The molecule has 28 heavy (non-hydrogen) atoms. The minimum Gasteiger partial charge on any atom is -0.497 e. The lowest BCUT2D eigenvalue weighted by atomic mass is 10.0. The van der Waals surface area contributed by atoms with E-state index in [9.17, 15) is 26.3 Å². The van der Waals surface area contributed by atoms with Crippen molar-refractivity contribution in [3.8, 4) is 28.3 Å². The van der Waals surface area contributed by atoms with Crippen molar-refractivity contribution in [3.05, 3.63) is 71.8 Å². The van der Waals surface area contributed by atoms with Crippen LogP contribution in [0.3, 0.4) is 0 Å². The minimum absolute atomic E-state index is 0.336. The van der Waals surface area contributed by atoms with Crippen LogP contribution in [0.2, 0.25) is 0 Å². The molecule has 2 aromatic carbocycles. The van der Waals surface area contributed by atoms with Gasteiger partial charge in [-0.3, -0.25) is 0 Å². The molecule has 0 aliphatic carbocycles. The fraction of sp³-hybridized carbons (Fsp3) is 0.150. The van der Waals surface area contributed by atoms with Crippen LogP contribution >= 0.6 is 0 Å². The molecule has 0 aliphatic heterocycles. The molecule has 1 heterocycles. The number of rotatable bonds is 3. The lowest BCUT2D eigenvalue weighted by Gasteiger charge is -2.11.